The molecule has 0 fully saturated rings. The van der Waals surface area contributed by atoms with Crippen LogP contribution in [-0.4, -0.2) is 50.5 Å². The molecule has 0 aliphatic rings. The highest BCUT2D eigenvalue weighted by molar-refractivity contribution is 6.16. The summed E-state index contributed by atoms with van der Waals surface area (Å²) in [4.78, 5) is 41.1. The summed E-state index contributed by atoms with van der Waals surface area (Å²) in [5, 5.41) is 33.9. The number of hydrogen-bond donors (Lipinski definition) is 3. The first kappa shape index (κ1) is 58.8. The van der Waals surface area contributed by atoms with Crippen molar-refractivity contribution >= 4 is 17.3 Å². The zero-order valence-electron chi connectivity index (χ0n) is 39.6. The topological polar surface area (TPSA) is 112 Å². The fourth-order valence-corrected chi connectivity index (χ4v) is 6.53. The van der Waals surface area contributed by atoms with E-state index in [2.05, 4.69) is 148 Å². The summed E-state index contributed by atoms with van der Waals surface area (Å²) in [6.07, 6.45) is 66.5. The SMILES string of the molecule is CC/C=C\C/C=C\C/C=C\C/C=C\CCCCC(=O)C(O)(CO)C(O)(C(=O)CCCC/C=C\C/C=C\C/C=C\C/C=C\CC)C(=O)CCCC/C=C\C/C=C\C/C=C\C/C=C\CC. The number of allylic oxidation sites excluding steroid dienone is 24. The normalized spacial score (nSPS) is 14.4. The molecule has 0 amide bonds. The van der Waals surface area contributed by atoms with E-state index in [1.807, 2.05) is 18.2 Å². The molecule has 1 unspecified atom stereocenters. The van der Waals surface area contributed by atoms with Gasteiger partial charge < -0.3 is 15.3 Å². The van der Waals surface area contributed by atoms with Gasteiger partial charge >= 0.3 is 0 Å². The molecule has 0 heterocycles. The number of rotatable bonds is 41. The van der Waals surface area contributed by atoms with E-state index in [4.69, 9.17) is 0 Å². The standard InChI is InChI=1S/C57H86O6/c1-4-7-10-13-16-19-22-25-28-31-34-37-40-43-46-49-53(59)56(62,52-58)57(63,54(60)50-47-44-41-38-35-32-29-26-23-20-17-14-11-8-5-2)55(61)51-48-45-42-39-36-33-30-27-24-21-18-15-12-9-6-3/h7-12,16-21,25-30,34-39,58,62-63H,4-6,13-15,22-24,31-33,40-52H2,1-3H3/b10-7-,11-8-,12-9-,19-16-,20-17-,21-18-,28-25-,29-26-,30-27-,37-34-,38-35-,39-36-. The number of ketones is 3. The second-order valence-electron chi connectivity index (χ2n) is 15.7. The predicted molar refractivity (Wildman–Crippen MR) is 270 cm³/mol. The van der Waals surface area contributed by atoms with Crippen LogP contribution in [0, 0.1) is 0 Å². The van der Waals surface area contributed by atoms with Crippen LogP contribution in [0.1, 0.15) is 175 Å². The third-order valence-corrected chi connectivity index (χ3v) is 10.3. The highest BCUT2D eigenvalue weighted by Crippen LogP contribution is 2.32. The van der Waals surface area contributed by atoms with E-state index >= 15 is 0 Å². The second kappa shape index (κ2) is 43.0. The number of aliphatic hydroxyl groups is 3. The molecule has 0 saturated heterocycles. The third-order valence-electron chi connectivity index (χ3n) is 10.3. The van der Waals surface area contributed by atoms with Crippen LogP contribution in [0.2, 0.25) is 0 Å². The zero-order chi connectivity index (χ0) is 46.4. The molecule has 0 bridgehead atoms. The summed E-state index contributed by atoms with van der Waals surface area (Å²) in [6.45, 7) is 5.14. The fraction of sp³-hybridized carbons (Fsp3) is 0.526. The molecule has 0 aliphatic heterocycles. The molecule has 0 aromatic carbocycles. The number of aliphatic hydroxyl groups excluding tert-OH is 1. The zero-order valence-corrected chi connectivity index (χ0v) is 39.6. The molecule has 0 aromatic heterocycles. The van der Waals surface area contributed by atoms with Crippen LogP contribution in [0.5, 0.6) is 0 Å². The third kappa shape index (κ3) is 30.5. The Morgan fingerprint density at radius 3 is 0.794 bits per heavy atom. The van der Waals surface area contributed by atoms with Crippen molar-refractivity contribution in [3.63, 3.8) is 0 Å². The lowest BCUT2D eigenvalue weighted by molar-refractivity contribution is -0.194. The van der Waals surface area contributed by atoms with Gasteiger partial charge in [0.1, 0.15) is 0 Å². The van der Waals surface area contributed by atoms with Crippen molar-refractivity contribution in [3.8, 4) is 0 Å². The minimum absolute atomic E-state index is 0.175. The van der Waals surface area contributed by atoms with E-state index in [0.29, 0.717) is 57.8 Å². The Kier molecular flexibility index (Phi) is 40.2. The molecule has 0 saturated carbocycles. The van der Waals surface area contributed by atoms with Gasteiger partial charge in [0.25, 0.3) is 0 Å². The summed E-state index contributed by atoms with van der Waals surface area (Å²) in [6, 6.07) is 0. The maximum atomic E-state index is 13.7. The molecule has 0 radical (unpaired) electrons. The largest absolute Gasteiger partial charge is 0.393 e. The average Bonchev–Trinajstić information content (AvgIpc) is 3.29. The van der Waals surface area contributed by atoms with Crippen LogP contribution in [0.4, 0.5) is 0 Å². The van der Waals surface area contributed by atoms with Gasteiger partial charge in [0.15, 0.2) is 23.0 Å². The Hall–Kier alpha value is -4.23. The lowest BCUT2D eigenvalue weighted by Crippen LogP contribution is -2.69. The first-order valence-corrected chi connectivity index (χ1v) is 24.2. The predicted octanol–water partition coefficient (Wildman–Crippen LogP) is 14.2. The summed E-state index contributed by atoms with van der Waals surface area (Å²) in [7, 11) is 0. The Labute approximate surface area is 384 Å². The lowest BCUT2D eigenvalue weighted by atomic mass is 9.71. The molecular weight excluding hydrogens is 781 g/mol. The minimum atomic E-state index is -3.02. The number of hydrogen-bond acceptors (Lipinski definition) is 6. The van der Waals surface area contributed by atoms with E-state index in [-0.39, 0.29) is 19.3 Å². The summed E-state index contributed by atoms with van der Waals surface area (Å²) < 4.78 is 0. The van der Waals surface area contributed by atoms with Gasteiger partial charge in [-0.25, -0.2) is 0 Å². The van der Waals surface area contributed by atoms with Gasteiger partial charge in [0.2, 0.25) is 5.60 Å². The van der Waals surface area contributed by atoms with Crippen molar-refractivity contribution < 1.29 is 29.7 Å². The van der Waals surface area contributed by atoms with Crippen molar-refractivity contribution in [2.24, 2.45) is 0 Å². The number of carbonyl (C=O) groups excluding carboxylic acids is 3. The van der Waals surface area contributed by atoms with Crippen molar-refractivity contribution in [3.05, 3.63) is 146 Å². The number of carbonyl (C=O) groups is 3. The fourth-order valence-electron chi connectivity index (χ4n) is 6.53. The van der Waals surface area contributed by atoms with Crippen LogP contribution in [0.25, 0.3) is 0 Å². The Morgan fingerprint density at radius 2 is 0.556 bits per heavy atom. The molecular formula is C57H86O6. The van der Waals surface area contributed by atoms with Gasteiger partial charge in [-0.05, 0) is 135 Å². The first-order chi connectivity index (χ1) is 30.8. The Balaban J connectivity index is 5.29. The van der Waals surface area contributed by atoms with Crippen LogP contribution in [0.3, 0.4) is 0 Å². The monoisotopic (exact) mass is 867 g/mol. The van der Waals surface area contributed by atoms with E-state index in [0.717, 1.165) is 77.0 Å². The summed E-state index contributed by atoms with van der Waals surface area (Å²) in [5.74, 6) is -2.72. The van der Waals surface area contributed by atoms with Gasteiger partial charge in [-0.15, -0.1) is 0 Å². The van der Waals surface area contributed by atoms with Crippen LogP contribution < -0.4 is 0 Å². The smallest absolute Gasteiger partial charge is 0.219 e. The van der Waals surface area contributed by atoms with Crippen LogP contribution in [-0.2, 0) is 14.4 Å². The van der Waals surface area contributed by atoms with Crippen molar-refractivity contribution in [2.75, 3.05) is 6.61 Å². The molecule has 0 rings (SSSR count). The Bertz CT molecular complexity index is 1470. The lowest BCUT2D eigenvalue weighted by Gasteiger charge is -2.39. The van der Waals surface area contributed by atoms with Crippen molar-refractivity contribution in [1.82, 2.24) is 0 Å². The molecule has 350 valence electrons. The maximum absolute atomic E-state index is 13.7. The molecule has 1 atom stereocenters. The quantitative estimate of drug-likeness (QED) is 0.0321. The molecule has 0 aliphatic carbocycles. The second-order valence-corrected chi connectivity index (χ2v) is 15.7. The van der Waals surface area contributed by atoms with Crippen molar-refractivity contribution in [2.45, 2.75) is 186 Å². The molecule has 0 aromatic rings. The van der Waals surface area contributed by atoms with Gasteiger partial charge in [-0.2, -0.15) is 0 Å². The van der Waals surface area contributed by atoms with Gasteiger partial charge in [0.05, 0.1) is 6.61 Å². The average molecular weight is 867 g/mol. The number of Topliss-reactive ketones (excluding diaryl/α,β-unsaturated/α-hetero) is 3. The molecule has 3 N–H and O–H groups in total. The van der Waals surface area contributed by atoms with E-state index < -0.39 is 35.2 Å². The molecule has 6 nitrogen and oxygen atoms in total. The molecule has 0 spiro atoms. The Morgan fingerprint density at radius 1 is 0.333 bits per heavy atom. The highest BCUT2D eigenvalue weighted by Gasteiger charge is 2.62. The van der Waals surface area contributed by atoms with Gasteiger partial charge in [-0.1, -0.05) is 167 Å². The maximum Gasteiger partial charge on any atom is 0.219 e. The van der Waals surface area contributed by atoms with Gasteiger partial charge in [-0.3, -0.25) is 14.4 Å². The summed E-state index contributed by atoms with van der Waals surface area (Å²) in [5.41, 5.74) is -5.93. The highest BCUT2D eigenvalue weighted by atomic mass is 16.4. The van der Waals surface area contributed by atoms with E-state index in [9.17, 15) is 29.7 Å². The summed E-state index contributed by atoms with van der Waals surface area (Å²) >= 11 is 0. The van der Waals surface area contributed by atoms with E-state index in [1.54, 1.807) is 0 Å². The van der Waals surface area contributed by atoms with E-state index in [1.165, 1.54) is 0 Å². The van der Waals surface area contributed by atoms with Crippen LogP contribution in [0.15, 0.2) is 146 Å². The minimum Gasteiger partial charge on any atom is -0.393 e. The van der Waals surface area contributed by atoms with Gasteiger partial charge in [0, 0.05) is 19.3 Å². The van der Waals surface area contributed by atoms with Crippen molar-refractivity contribution in [1.29, 1.82) is 0 Å². The number of unbranched alkanes of at least 4 members (excludes halogenated alkanes) is 6. The molecule has 6 heteroatoms. The first-order valence-electron chi connectivity index (χ1n) is 24.2. The molecule has 63 heavy (non-hydrogen) atoms. The van der Waals surface area contributed by atoms with Crippen LogP contribution >= 0.6 is 0 Å².